The van der Waals surface area contributed by atoms with E-state index in [4.69, 9.17) is 5.73 Å². The zero-order valence-electron chi connectivity index (χ0n) is 10.7. The van der Waals surface area contributed by atoms with Gasteiger partial charge >= 0.3 is 0 Å². The van der Waals surface area contributed by atoms with Gasteiger partial charge in [-0.3, -0.25) is 4.98 Å². The molecule has 0 amide bonds. The van der Waals surface area contributed by atoms with Crippen molar-refractivity contribution in [2.24, 2.45) is 5.73 Å². The fourth-order valence-electron chi connectivity index (χ4n) is 2.16. The molecule has 2 aromatic rings. The lowest BCUT2D eigenvalue weighted by atomic mass is 9.97. The number of nitrogens with two attached hydrogens (primary N) is 1. The van der Waals surface area contributed by atoms with E-state index >= 15 is 0 Å². The lowest BCUT2D eigenvalue weighted by molar-refractivity contribution is 0.717. The van der Waals surface area contributed by atoms with Crippen molar-refractivity contribution in [1.29, 1.82) is 0 Å². The molecule has 0 saturated carbocycles. The van der Waals surface area contributed by atoms with Crippen LogP contribution in [0.3, 0.4) is 0 Å². The van der Waals surface area contributed by atoms with Gasteiger partial charge in [-0.2, -0.15) is 0 Å². The molecule has 0 bridgehead atoms. The van der Waals surface area contributed by atoms with Gasteiger partial charge in [-0.15, -0.1) is 0 Å². The molecule has 0 fully saturated rings. The number of nitrogens with zero attached hydrogens (tertiary/aromatic N) is 1. The molecule has 0 aliphatic heterocycles. The van der Waals surface area contributed by atoms with Gasteiger partial charge < -0.3 is 5.73 Å². The minimum Gasteiger partial charge on any atom is -0.324 e. The molecule has 1 aromatic heterocycles. The number of hydrogen-bond acceptors (Lipinski definition) is 2. The quantitative estimate of drug-likeness (QED) is 0.939. The first-order valence-corrected chi connectivity index (χ1v) is 6.77. The largest absolute Gasteiger partial charge is 0.324 e. The van der Waals surface area contributed by atoms with Crippen LogP contribution in [0.4, 0.5) is 0 Å². The smallest absolute Gasteiger partial charge is 0.0410 e. The van der Waals surface area contributed by atoms with Crippen molar-refractivity contribution in [2.75, 3.05) is 0 Å². The van der Waals surface area contributed by atoms with E-state index in [0.717, 1.165) is 16.5 Å². The molecule has 1 heterocycles. The molecule has 3 heteroatoms. The third-order valence-electron chi connectivity index (χ3n) is 2.89. The maximum Gasteiger partial charge on any atom is 0.0410 e. The second-order valence-corrected chi connectivity index (χ2v) is 5.66. The third kappa shape index (κ3) is 3.40. The summed E-state index contributed by atoms with van der Waals surface area (Å²) in [6.45, 7) is 4.20. The van der Waals surface area contributed by atoms with Gasteiger partial charge in [0.25, 0.3) is 0 Å². The standard InChI is InChI=1S/C15H17BrN2/c1-10-3-11(2)5-13(4-10)15(17)7-12-6-14(16)9-18-8-12/h3-6,8-9,15H,7,17H2,1-2H3. The van der Waals surface area contributed by atoms with Crippen LogP contribution in [-0.4, -0.2) is 4.98 Å². The molecular formula is C15H17BrN2. The topological polar surface area (TPSA) is 38.9 Å². The Kier molecular flexibility index (Phi) is 4.15. The Morgan fingerprint density at radius 2 is 1.78 bits per heavy atom. The average molecular weight is 305 g/mol. The van der Waals surface area contributed by atoms with Crippen molar-refractivity contribution in [3.8, 4) is 0 Å². The summed E-state index contributed by atoms with van der Waals surface area (Å²) >= 11 is 3.43. The summed E-state index contributed by atoms with van der Waals surface area (Å²) in [6.07, 6.45) is 4.45. The summed E-state index contributed by atoms with van der Waals surface area (Å²) in [4.78, 5) is 4.16. The first-order valence-electron chi connectivity index (χ1n) is 5.98. The van der Waals surface area contributed by atoms with E-state index in [-0.39, 0.29) is 6.04 Å². The number of benzene rings is 1. The second-order valence-electron chi connectivity index (χ2n) is 4.74. The monoisotopic (exact) mass is 304 g/mol. The van der Waals surface area contributed by atoms with Gasteiger partial charge in [0.2, 0.25) is 0 Å². The average Bonchev–Trinajstić information content (AvgIpc) is 2.27. The summed E-state index contributed by atoms with van der Waals surface area (Å²) in [5, 5.41) is 0. The summed E-state index contributed by atoms with van der Waals surface area (Å²) in [6, 6.07) is 8.55. The molecule has 0 radical (unpaired) electrons. The van der Waals surface area contributed by atoms with Crippen LogP contribution in [0.1, 0.15) is 28.3 Å². The predicted molar refractivity (Wildman–Crippen MR) is 78.5 cm³/mol. The first kappa shape index (κ1) is 13.2. The highest BCUT2D eigenvalue weighted by molar-refractivity contribution is 9.10. The normalized spacial score (nSPS) is 12.4. The molecule has 2 N–H and O–H groups in total. The molecule has 0 saturated heterocycles. The van der Waals surface area contributed by atoms with E-state index < -0.39 is 0 Å². The number of aryl methyl sites for hydroxylation is 2. The summed E-state index contributed by atoms with van der Waals surface area (Å²) in [5.74, 6) is 0. The molecule has 0 aliphatic carbocycles. The van der Waals surface area contributed by atoms with Gasteiger partial charge in [0.15, 0.2) is 0 Å². The van der Waals surface area contributed by atoms with E-state index in [2.05, 4.69) is 59.0 Å². The number of aromatic nitrogens is 1. The molecule has 18 heavy (non-hydrogen) atoms. The molecule has 1 aromatic carbocycles. The first-order chi connectivity index (χ1) is 8.54. The fourth-order valence-corrected chi connectivity index (χ4v) is 2.58. The lowest BCUT2D eigenvalue weighted by Crippen LogP contribution is -2.14. The minimum atomic E-state index is 0.0136. The zero-order chi connectivity index (χ0) is 13.1. The van der Waals surface area contributed by atoms with Crippen LogP contribution in [0.15, 0.2) is 41.1 Å². The fraction of sp³-hybridized carbons (Fsp3) is 0.267. The van der Waals surface area contributed by atoms with Crippen molar-refractivity contribution in [2.45, 2.75) is 26.3 Å². The van der Waals surface area contributed by atoms with Crippen LogP contribution >= 0.6 is 15.9 Å². The Morgan fingerprint density at radius 3 is 2.39 bits per heavy atom. The van der Waals surface area contributed by atoms with Crippen LogP contribution < -0.4 is 5.73 Å². The Morgan fingerprint density at radius 1 is 1.11 bits per heavy atom. The molecule has 2 rings (SSSR count). The van der Waals surface area contributed by atoms with Crippen LogP contribution in [0.25, 0.3) is 0 Å². The van der Waals surface area contributed by atoms with E-state index in [1.165, 1.54) is 16.7 Å². The number of pyridine rings is 1. The van der Waals surface area contributed by atoms with Crippen LogP contribution in [0.2, 0.25) is 0 Å². The van der Waals surface area contributed by atoms with E-state index in [0.29, 0.717) is 0 Å². The SMILES string of the molecule is Cc1cc(C)cc(C(N)Cc2cncc(Br)c2)c1. The van der Waals surface area contributed by atoms with Crippen LogP contribution in [-0.2, 0) is 6.42 Å². The summed E-state index contributed by atoms with van der Waals surface area (Å²) in [5.41, 5.74) is 11.1. The Balaban J connectivity index is 2.19. The molecule has 94 valence electrons. The highest BCUT2D eigenvalue weighted by Gasteiger charge is 2.08. The van der Waals surface area contributed by atoms with E-state index in [1.54, 1.807) is 6.20 Å². The Labute approximate surface area is 116 Å². The van der Waals surface area contributed by atoms with Crippen molar-refractivity contribution < 1.29 is 0 Å². The highest BCUT2D eigenvalue weighted by atomic mass is 79.9. The molecule has 1 atom stereocenters. The van der Waals surface area contributed by atoms with Gasteiger partial charge in [0.1, 0.15) is 0 Å². The predicted octanol–water partition coefficient (Wildman–Crippen LogP) is 3.70. The molecule has 0 spiro atoms. The zero-order valence-corrected chi connectivity index (χ0v) is 12.2. The van der Waals surface area contributed by atoms with Crippen molar-refractivity contribution in [1.82, 2.24) is 4.98 Å². The highest BCUT2D eigenvalue weighted by Crippen LogP contribution is 2.20. The second kappa shape index (κ2) is 5.63. The van der Waals surface area contributed by atoms with E-state index in [1.807, 2.05) is 6.20 Å². The van der Waals surface area contributed by atoms with Gasteiger partial charge in [0.05, 0.1) is 0 Å². The number of halogens is 1. The molecule has 0 aliphatic rings. The van der Waals surface area contributed by atoms with Crippen molar-refractivity contribution in [3.05, 3.63) is 63.4 Å². The van der Waals surface area contributed by atoms with Crippen LogP contribution in [0, 0.1) is 13.8 Å². The van der Waals surface area contributed by atoms with Gasteiger partial charge in [-0.05, 0) is 53.4 Å². The minimum absolute atomic E-state index is 0.0136. The lowest BCUT2D eigenvalue weighted by Gasteiger charge is -2.14. The maximum atomic E-state index is 6.27. The molecule has 2 nitrogen and oxygen atoms in total. The number of rotatable bonds is 3. The van der Waals surface area contributed by atoms with Crippen molar-refractivity contribution in [3.63, 3.8) is 0 Å². The van der Waals surface area contributed by atoms with Crippen LogP contribution in [0.5, 0.6) is 0 Å². The van der Waals surface area contributed by atoms with Gasteiger partial charge in [0, 0.05) is 22.9 Å². The van der Waals surface area contributed by atoms with Gasteiger partial charge in [-0.25, -0.2) is 0 Å². The van der Waals surface area contributed by atoms with Crippen molar-refractivity contribution >= 4 is 15.9 Å². The van der Waals surface area contributed by atoms with E-state index in [9.17, 15) is 0 Å². The third-order valence-corrected chi connectivity index (χ3v) is 3.32. The Hall–Kier alpha value is -1.19. The summed E-state index contributed by atoms with van der Waals surface area (Å²) < 4.78 is 0.993. The maximum absolute atomic E-state index is 6.27. The molecular weight excluding hydrogens is 288 g/mol. The summed E-state index contributed by atoms with van der Waals surface area (Å²) in [7, 11) is 0. The Bertz CT molecular complexity index is 532. The van der Waals surface area contributed by atoms with Gasteiger partial charge in [-0.1, -0.05) is 29.3 Å². The number of hydrogen-bond donors (Lipinski definition) is 1. The molecule has 1 unspecified atom stereocenters.